The van der Waals surface area contributed by atoms with Crippen LogP contribution in [-0.2, 0) is 9.59 Å². The van der Waals surface area contributed by atoms with Gasteiger partial charge >= 0.3 is 11.9 Å². The van der Waals surface area contributed by atoms with Gasteiger partial charge in [-0.1, -0.05) is 18.2 Å². The van der Waals surface area contributed by atoms with E-state index in [1.165, 1.54) is 0 Å². The van der Waals surface area contributed by atoms with Gasteiger partial charge < -0.3 is 15.2 Å². The summed E-state index contributed by atoms with van der Waals surface area (Å²) in [4.78, 5) is 32.8. The second kappa shape index (κ2) is 6.75. The Balaban J connectivity index is 0.000000203. The van der Waals surface area contributed by atoms with Gasteiger partial charge in [0.2, 0.25) is 0 Å². The maximum absolute atomic E-state index is 11.1. The molecule has 0 saturated carbocycles. The minimum Gasteiger partial charge on any atom is -0.478 e. The summed E-state index contributed by atoms with van der Waals surface area (Å²) in [5.74, 6) is -2.51. The van der Waals surface area contributed by atoms with Crippen LogP contribution < -0.4 is 5.56 Å². The number of fused-ring (bicyclic) bond motifs is 1. The van der Waals surface area contributed by atoms with Gasteiger partial charge in [-0.3, -0.25) is 4.79 Å². The number of carboxylic acid groups (broad SMARTS) is 2. The summed E-state index contributed by atoms with van der Waals surface area (Å²) in [6, 6.07) is 9.40. The van der Waals surface area contributed by atoms with E-state index in [0.29, 0.717) is 12.2 Å². The Hall–Kier alpha value is -2.89. The summed E-state index contributed by atoms with van der Waals surface area (Å²) < 4.78 is 0. The lowest BCUT2D eigenvalue weighted by Crippen LogP contribution is -2.03. The quantitative estimate of drug-likeness (QED) is 0.705. The maximum atomic E-state index is 11.1. The molecule has 3 N–H and O–H groups in total. The molecule has 0 spiro atoms. The molecule has 2 rings (SSSR count). The van der Waals surface area contributed by atoms with Crippen molar-refractivity contribution < 1.29 is 19.8 Å². The lowest BCUT2D eigenvalue weighted by molar-refractivity contribution is -0.134. The fourth-order valence-electron chi connectivity index (χ4n) is 1.28. The van der Waals surface area contributed by atoms with E-state index < -0.39 is 11.9 Å². The van der Waals surface area contributed by atoms with Crippen LogP contribution in [0.25, 0.3) is 10.8 Å². The Bertz CT molecular complexity index is 651. The van der Waals surface area contributed by atoms with Crippen molar-refractivity contribution in [2.24, 2.45) is 0 Å². The molecule has 19 heavy (non-hydrogen) atoms. The molecule has 0 radical (unpaired) electrons. The van der Waals surface area contributed by atoms with Crippen molar-refractivity contribution in [3.8, 4) is 0 Å². The van der Waals surface area contributed by atoms with Gasteiger partial charge in [0.1, 0.15) is 0 Å². The van der Waals surface area contributed by atoms with E-state index in [4.69, 9.17) is 10.2 Å². The van der Waals surface area contributed by atoms with Gasteiger partial charge in [0.05, 0.1) is 0 Å². The smallest absolute Gasteiger partial charge is 0.328 e. The molecule has 0 bridgehead atoms. The van der Waals surface area contributed by atoms with E-state index in [1.54, 1.807) is 6.20 Å². The van der Waals surface area contributed by atoms with Crippen molar-refractivity contribution in [1.29, 1.82) is 0 Å². The van der Waals surface area contributed by atoms with Gasteiger partial charge in [-0.05, 0) is 17.5 Å². The average molecular weight is 261 g/mol. The first-order valence-corrected chi connectivity index (χ1v) is 5.21. The number of rotatable bonds is 2. The fourth-order valence-corrected chi connectivity index (χ4v) is 1.28. The Kier molecular flexibility index (Phi) is 5.04. The molecule has 0 atom stereocenters. The zero-order valence-electron chi connectivity index (χ0n) is 9.74. The highest BCUT2D eigenvalue weighted by Crippen LogP contribution is 2.05. The monoisotopic (exact) mass is 261 g/mol. The van der Waals surface area contributed by atoms with Crippen molar-refractivity contribution >= 4 is 22.7 Å². The van der Waals surface area contributed by atoms with Crippen LogP contribution in [0.1, 0.15) is 0 Å². The molecular formula is C13H11NO5. The molecule has 1 aromatic carbocycles. The number of pyridine rings is 1. The number of hydrogen-bond donors (Lipinski definition) is 3. The Morgan fingerprint density at radius 3 is 2.11 bits per heavy atom. The van der Waals surface area contributed by atoms with Crippen LogP contribution in [0.15, 0.2) is 53.5 Å². The molecule has 2 aromatic rings. The van der Waals surface area contributed by atoms with Gasteiger partial charge in [-0.15, -0.1) is 0 Å². The van der Waals surface area contributed by atoms with Gasteiger partial charge in [0.15, 0.2) is 0 Å². The number of carbonyl (C=O) groups is 2. The summed E-state index contributed by atoms with van der Waals surface area (Å²) >= 11 is 0. The van der Waals surface area contributed by atoms with E-state index in [-0.39, 0.29) is 5.56 Å². The predicted octanol–water partition coefficient (Wildman–Crippen LogP) is 1.24. The second-order valence-electron chi connectivity index (χ2n) is 3.40. The van der Waals surface area contributed by atoms with Crippen LogP contribution in [0, 0.1) is 0 Å². The third kappa shape index (κ3) is 4.86. The molecule has 1 heterocycles. The van der Waals surface area contributed by atoms with Crippen LogP contribution in [0.3, 0.4) is 0 Å². The summed E-state index contributed by atoms with van der Waals surface area (Å²) in [5.41, 5.74) is -0.0249. The molecule has 0 unspecified atom stereocenters. The fraction of sp³-hybridized carbons (Fsp3) is 0. The molecule has 0 amide bonds. The van der Waals surface area contributed by atoms with Crippen molar-refractivity contribution in [2.45, 2.75) is 0 Å². The predicted molar refractivity (Wildman–Crippen MR) is 69.0 cm³/mol. The number of nitrogens with one attached hydrogen (secondary N) is 1. The lowest BCUT2D eigenvalue weighted by Gasteiger charge is -1.92. The molecule has 98 valence electrons. The average Bonchev–Trinajstić information content (AvgIpc) is 2.38. The minimum atomic E-state index is -1.26. The van der Waals surface area contributed by atoms with E-state index >= 15 is 0 Å². The number of H-pyrrole nitrogens is 1. The largest absolute Gasteiger partial charge is 0.478 e. The van der Waals surface area contributed by atoms with Crippen molar-refractivity contribution in [1.82, 2.24) is 4.98 Å². The first kappa shape index (κ1) is 14.2. The zero-order valence-corrected chi connectivity index (χ0v) is 9.74. The van der Waals surface area contributed by atoms with E-state index in [2.05, 4.69) is 4.98 Å². The van der Waals surface area contributed by atoms with Crippen molar-refractivity contribution in [3.63, 3.8) is 0 Å². The van der Waals surface area contributed by atoms with Gasteiger partial charge in [0.25, 0.3) is 5.56 Å². The Labute approximate surface area is 107 Å². The second-order valence-corrected chi connectivity index (χ2v) is 3.40. The van der Waals surface area contributed by atoms with Gasteiger partial charge in [-0.25, -0.2) is 9.59 Å². The molecule has 0 aliphatic carbocycles. The van der Waals surface area contributed by atoms with Crippen molar-refractivity contribution in [3.05, 3.63) is 59.0 Å². The number of hydrogen-bond acceptors (Lipinski definition) is 3. The highest BCUT2D eigenvalue weighted by molar-refractivity contribution is 5.89. The lowest BCUT2D eigenvalue weighted by atomic mass is 10.2. The summed E-state index contributed by atoms with van der Waals surface area (Å²) in [5, 5.41) is 17.4. The third-order valence-corrected chi connectivity index (χ3v) is 2.05. The summed E-state index contributed by atoms with van der Waals surface area (Å²) in [6.45, 7) is 0. The standard InChI is InChI=1S/C9H7NO.C4H4O4/c11-9-8-4-2-1-3-7(8)5-6-10-9;5-3(6)1-2-4(7)8/h1-6H,(H,10,11);1-2H,(H,5,6)(H,7,8). The molecule has 6 heteroatoms. The third-order valence-electron chi connectivity index (χ3n) is 2.05. The van der Waals surface area contributed by atoms with Gasteiger partial charge in [0, 0.05) is 23.7 Å². The van der Waals surface area contributed by atoms with E-state index in [9.17, 15) is 14.4 Å². The first-order chi connectivity index (χ1) is 9.00. The first-order valence-electron chi connectivity index (χ1n) is 5.21. The van der Waals surface area contributed by atoms with E-state index in [1.807, 2.05) is 30.3 Å². The normalized spacial score (nSPS) is 9.89. The SMILES string of the molecule is O=C(O)C=CC(=O)O.O=c1[nH]ccc2ccccc12. The van der Waals surface area contributed by atoms with E-state index in [0.717, 1.165) is 10.8 Å². The number of aromatic amines is 1. The molecule has 6 nitrogen and oxygen atoms in total. The van der Waals surface area contributed by atoms with Crippen LogP contribution in [0.2, 0.25) is 0 Å². The molecular weight excluding hydrogens is 250 g/mol. The van der Waals surface area contributed by atoms with Crippen LogP contribution in [0.4, 0.5) is 0 Å². The van der Waals surface area contributed by atoms with Crippen LogP contribution >= 0.6 is 0 Å². The Morgan fingerprint density at radius 2 is 1.58 bits per heavy atom. The Morgan fingerprint density at radius 1 is 1.00 bits per heavy atom. The van der Waals surface area contributed by atoms with Crippen LogP contribution in [0.5, 0.6) is 0 Å². The summed E-state index contributed by atoms with van der Waals surface area (Å²) in [7, 11) is 0. The highest BCUT2D eigenvalue weighted by atomic mass is 16.4. The molecule has 1 aromatic heterocycles. The minimum absolute atomic E-state index is 0.0249. The number of carboxylic acids is 2. The van der Waals surface area contributed by atoms with Crippen LogP contribution in [-0.4, -0.2) is 27.1 Å². The zero-order chi connectivity index (χ0) is 14.3. The number of aliphatic carboxylic acids is 2. The highest BCUT2D eigenvalue weighted by Gasteiger charge is 1.92. The molecule has 0 saturated heterocycles. The molecule has 0 aliphatic rings. The number of aromatic nitrogens is 1. The molecule has 0 aliphatic heterocycles. The summed E-state index contributed by atoms with van der Waals surface area (Å²) in [6.07, 6.45) is 2.77. The molecule has 0 fully saturated rings. The van der Waals surface area contributed by atoms with Gasteiger partial charge in [-0.2, -0.15) is 0 Å². The van der Waals surface area contributed by atoms with Crippen molar-refractivity contribution in [2.75, 3.05) is 0 Å². The number of benzene rings is 1. The topological polar surface area (TPSA) is 107 Å². The maximum Gasteiger partial charge on any atom is 0.328 e.